The number of hydrogen-bond acceptors (Lipinski definition) is 6. The van der Waals surface area contributed by atoms with Gasteiger partial charge in [0.05, 0.1) is 7.11 Å². The predicted octanol–water partition coefficient (Wildman–Crippen LogP) is 4.11. The molecule has 0 saturated carbocycles. The average Bonchev–Trinajstić information content (AvgIpc) is 3.50. The molecule has 2 aliphatic rings. The minimum Gasteiger partial charge on any atom is -0.496 e. The third-order valence-corrected chi connectivity index (χ3v) is 8.05. The van der Waals surface area contributed by atoms with Crippen molar-refractivity contribution in [1.82, 2.24) is 19.3 Å². The molecule has 8 heteroatoms. The van der Waals surface area contributed by atoms with E-state index < -0.39 is 5.60 Å². The van der Waals surface area contributed by atoms with Gasteiger partial charge >= 0.3 is 0 Å². The molecule has 0 bridgehead atoms. The molecule has 6 rings (SSSR count). The van der Waals surface area contributed by atoms with E-state index in [-0.39, 0.29) is 11.8 Å². The first-order valence-electron chi connectivity index (χ1n) is 12.8. The minimum absolute atomic E-state index is 0.131. The molecule has 2 aromatic heterocycles. The Morgan fingerprint density at radius 3 is 2.68 bits per heavy atom. The van der Waals surface area contributed by atoms with E-state index in [1.165, 1.54) is 0 Å². The Balaban J connectivity index is 1.38. The number of amides is 1. The smallest absolute Gasteiger partial charge is 0.222 e. The molecule has 1 amide bonds. The summed E-state index contributed by atoms with van der Waals surface area (Å²) < 4.78 is 7.51. The van der Waals surface area contributed by atoms with Gasteiger partial charge in [-0.1, -0.05) is 42.5 Å². The van der Waals surface area contributed by atoms with Gasteiger partial charge in [-0.25, -0.2) is 9.97 Å². The van der Waals surface area contributed by atoms with Crippen LogP contribution in [0.1, 0.15) is 55.5 Å². The van der Waals surface area contributed by atoms with Gasteiger partial charge in [0.1, 0.15) is 34.2 Å². The molecule has 0 radical (unpaired) electrons. The fraction of sp³-hybridized carbons (Fsp3) is 0.345. The number of para-hydroxylation sites is 1. The summed E-state index contributed by atoms with van der Waals surface area (Å²) in [7, 11) is 1.60. The molecule has 37 heavy (non-hydrogen) atoms. The lowest BCUT2D eigenvalue weighted by Crippen LogP contribution is -2.41. The standard InChI is InChI=1S/C29H31N5O3/c1-29(36,22-5-3-4-6-23(22)37-2)20-10-7-18(8-11-20)25-26-27(30)31-15-16-33(26)28(32-25)19-9-12-21-13-14-24(35)34(21)17-19/h3-8,10-11,15-16,19,21,36H,9,12-14,17H2,1-2H3,(H2,30,31)/t19-,21+,29+/m1/s1. The van der Waals surface area contributed by atoms with E-state index in [4.69, 9.17) is 15.5 Å². The Morgan fingerprint density at radius 1 is 1.11 bits per heavy atom. The van der Waals surface area contributed by atoms with Crippen molar-refractivity contribution in [2.45, 2.75) is 50.2 Å². The maximum atomic E-state index is 12.4. The zero-order chi connectivity index (χ0) is 25.7. The maximum Gasteiger partial charge on any atom is 0.222 e. The first kappa shape index (κ1) is 23.5. The number of carbonyl (C=O) groups is 1. The van der Waals surface area contributed by atoms with Gasteiger partial charge < -0.3 is 20.5 Å². The first-order valence-corrected chi connectivity index (χ1v) is 12.8. The maximum absolute atomic E-state index is 12.4. The summed E-state index contributed by atoms with van der Waals surface area (Å²) in [5.74, 6) is 2.32. The summed E-state index contributed by atoms with van der Waals surface area (Å²) in [5, 5.41) is 11.5. The van der Waals surface area contributed by atoms with Crippen LogP contribution < -0.4 is 10.5 Å². The van der Waals surface area contributed by atoms with Crippen molar-refractivity contribution in [1.29, 1.82) is 0 Å². The first-order chi connectivity index (χ1) is 17.9. The van der Waals surface area contributed by atoms with Gasteiger partial charge in [-0.2, -0.15) is 0 Å². The highest BCUT2D eigenvalue weighted by molar-refractivity contribution is 5.85. The van der Waals surface area contributed by atoms with Crippen LogP contribution in [0.15, 0.2) is 60.9 Å². The lowest BCUT2D eigenvalue weighted by atomic mass is 9.87. The lowest BCUT2D eigenvalue weighted by molar-refractivity contribution is -0.130. The van der Waals surface area contributed by atoms with Gasteiger partial charge in [-0.05, 0) is 37.8 Å². The Kier molecular flexibility index (Phi) is 5.64. The third-order valence-electron chi connectivity index (χ3n) is 8.05. The molecule has 0 spiro atoms. The van der Waals surface area contributed by atoms with Crippen molar-refractivity contribution in [3.63, 3.8) is 0 Å². The zero-order valence-electron chi connectivity index (χ0n) is 21.1. The van der Waals surface area contributed by atoms with E-state index in [0.29, 0.717) is 36.1 Å². The molecule has 4 heterocycles. The van der Waals surface area contributed by atoms with E-state index in [9.17, 15) is 9.90 Å². The van der Waals surface area contributed by atoms with Crippen molar-refractivity contribution in [3.05, 3.63) is 77.9 Å². The third kappa shape index (κ3) is 3.83. The molecule has 8 nitrogen and oxygen atoms in total. The minimum atomic E-state index is -1.24. The summed E-state index contributed by atoms with van der Waals surface area (Å²) >= 11 is 0. The number of imidazole rings is 1. The number of aromatic nitrogens is 3. The number of hydrogen-bond donors (Lipinski definition) is 2. The van der Waals surface area contributed by atoms with Gasteiger partial charge in [-0.3, -0.25) is 9.20 Å². The number of nitrogen functional groups attached to an aromatic ring is 1. The number of nitrogens with two attached hydrogens (primary N) is 1. The molecule has 2 fully saturated rings. The van der Waals surface area contributed by atoms with Crippen LogP contribution in [0.2, 0.25) is 0 Å². The molecule has 2 aromatic carbocycles. The van der Waals surface area contributed by atoms with Gasteiger partial charge in [0, 0.05) is 48.4 Å². The Labute approximate surface area is 215 Å². The Hall–Kier alpha value is -3.91. The van der Waals surface area contributed by atoms with Gasteiger partial charge in [0.25, 0.3) is 0 Å². The predicted molar refractivity (Wildman–Crippen MR) is 141 cm³/mol. The number of anilines is 1. The van der Waals surface area contributed by atoms with Crippen LogP contribution in [-0.2, 0) is 10.4 Å². The van der Waals surface area contributed by atoms with Crippen molar-refractivity contribution >= 4 is 17.2 Å². The average molecular weight is 498 g/mol. The SMILES string of the molecule is COc1ccccc1[C@@](C)(O)c1ccc(-c2nc([C@@H]3CC[C@H]4CCC(=O)N4C3)n3ccnc(N)c23)cc1. The summed E-state index contributed by atoms with van der Waals surface area (Å²) in [6, 6.07) is 15.6. The van der Waals surface area contributed by atoms with E-state index in [1.54, 1.807) is 20.2 Å². The summed E-state index contributed by atoms with van der Waals surface area (Å²) in [5.41, 5.74) is 8.94. The Bertz CT molecular complexity index is 1480. The van der Waals surface area contributed by atoms with E-state index in [0.717, 1.165) is 47.4 Å². The van der Waals surface area contributed by atoms with Crippen LogP contribution in [0.3, 0.4) is 0 Å². The van der Waals surface area contributed by atoms with Crippen molar-refractivity contribution in [3.8, 4) is 17.0 Å². The molecule has 3 atom stereocenters. The number of methoxy groups -OCH3 is 1. The number of ether oxygens (including phenoxy) is 1. The normalized spacial score (nSPS) is 21.2. The quantitative estimate of drug-likeness (QED) is 0.430. The molecule has 2 aliphatic heterocycles. The highest BCUT2D eigenvalue weighted by atomic mass is 16.5. The monoisotopic (exact) mass is 497 g/mol. The molecule has 3 N–H and O–H groups in total. The highest BCUT2D eigenvalue weighted by Gasteiger charge is 2.38. The molecule has 190 valence electrons. The van der Waals surface area contributed by atoms with Crippen molar-refractivity contribution in [2.24, 2.45) is 0 Å². The van der Waals surface area contributed by atoms with Crippen LogP contribution in [0.5, 0.6) is 5.75 Å². The summed E-state index contributed by atoms with van der Waals surface area (Å²) in [4.78, 5) is 23.9. The van der Waals surface area contributed by atoms with Crippen molar-refractivity contribution in [2.75, 3.05) is 19.4 Å². The fourth-order valence-electron chi connectivity index (χ4n) is 6.01. The largest absolute Gasteiger partial charge is 0.496 e. The van der Waals surface area contributed by atoms with Crippen LogP contribution in [0.25, 0.3) is 16.8 Å². The van der Waals surface area contributed by atoms with Crippen LogP contribution in [0.4, 0.5) is 5.82 Å². The highest BCUT2D eigenvalue weighted by Crippen LogP contribution is 2.39. The van der Waals surface area contributed by atoms with E-state index in [2.05, 4.69) is 4.98 Å². The number of benzene rings is 2. The number of aliphatic hydroxyl groups is 1. The number of fused-ring (bicyclic) bond motifs is 2. The van der Waals surface area contributed by atoms with Gasteiger partial charge in [-0.15, -0.1) is 0 Å². The number of rotatable bonds is 5. The summed E-state index contributed by atoms with van der Waals surface area (Å²) in [6.07, 6.45) is 7.17. The molecular weight excluding hydrogens is 466 g/mol. The number of carbonyl (C=O) groups excluding carboxylic acids is 1. The lowest BCUT2D eigenvalue weighted by Gasteiger charge is -2.34. The molecule has 0 aliphatic carbocycles. The van der Waals surface area contributed by atoms with Gasteiger partial charge in [0.15, 0.2) is 0 Å². The summed E-state index contributed by atoms with van der Waals surface area (Å²) in [6.45, 7) is 2.45. The topological polar surface area (TPSA) is 106 Å². The Morgan fingerprint density at radius 2 is 1.89 bits per heavy atom. The van der Waals surface area contributed by atoms with Crippen LogP contribution in [0, 0.1) is 0 Å². The van der Waals surface area contributed by atoms with E-state index in [1.807, 2.05) is 64.0 Å². The number of piperidine rings is 1. The van der Waals surface area contributed by atoms with Crippen LogP contribution >= 0.6 is 0 Å². The second-order valence-electron chi connectivity index (χ2n) is 10.2. The van der Waals surface area contributed by atoms with Gasteiger partial charge in [0.2, 0.25) is 5.91 Å². The molecular formula is C29H31N5O3. The van der Waals surface area contributed by atoms with E-state index >= 15 is 0 Å². The second-order valence-corrected chi connectivity index (χ2v) is 10.2. The molecule has 2 saturated heterocycles. The van der Waals surface area contributed by atoms with Crippen molar-refractivity contribution < 1.29 is 14.6 Å². The molecule has 0 unspecified atom stereocenters. The van der Waals surface area contributed by atoms with Crippen LogP contribution in [-0.4, -0.2) is 50.0 Å². The second kappa shape index (κ2) is 8.88. The fourth-order valence-corrected chi connectivity index (χ4v) is 6.01. The number of nitrogens with zero attached hydrogens (tertiary/aromatic N) is 4. The zero-order valence-corrected chi connectivity index (χ0v) is 21.1. The molecule has 4 aromatic rings.